The second kappa shape index (κ2) is 6.57. The Balaban J connectivity index is 0.000001000. The minimum atomic E-state index is 0. The third kappa shape index (κ3) is 4.33. The number of aldehydes is 1. The molecule has 0 aromatic heterocycles. The zero-order valence-electron chi connectivity index (χ0n) is 6.49. The fourth-order valence-electron chi connectivity index (χ4n) is 1.11. The molecule has 0 spiro atoms. The summed E-state index contributed by atoms with van der Waals surface area (Å²) >= 11 is 0. The Morgan fingerprint density at radius 3 is 2.45 bits per heavy atom. The first kappa shape index (κ1) is 10.9. The van der Waals surface area contributed by atoms with Gasteiger partial charge in [0.05, 0.1) is 0 Å². The summed E-state index contributed by atoms with van der Waals surface area (Å²) in [6.07, 6.45) is 12.3. The third-order valence-electron chi connectivity index (χ3n) is 1.69. The summed E-state index contributed by atoms with van der Waals surface area (Å²) in [6.45, 7) is 0. The molecule has 1 rings (SSSR count). The van der Waals surface area contributed by atoms with Gasteiger partial charge in [0.1, 0.15) is 6.29 Å². The van der Waals surface area contributed by atoms with Gasteiger partial charge in [-0.1, -0.05) is 24.3 Å². The van der Waals surface area contributed by atoms with Crippen LogP contribution in [0.2, 0.25) is 0 Å². The summed E-state index contributed by atoms with van der Waals surface area (Å²) in [7, 11) is 0. The molecule has 0 aromatic rings. The van der Waals surface area contributed by atoms with Gasteiger partial charge in [0.15, 0.2) is 0 Å². The van der Waals surface area contributed by atoms with E-state index in [0.717, 1.165) is 19.1 Å². The van der Waals surface area contributed by atoms with Gasteiger partial charge in [-0.15, -0.1) is 0 Å². The van der Waals surface area contributed by atoms with Gasteiger partial charge >= 0.3 is 0 Å². The molecule has 0 amide bonds. The zero-order valence-corrected chi connectivity index (χ0v) is 8.06. The number of unbranched alkanes of at least 4 members (excludes halogenated alkanes) is 1. The maximum Gasteiger partial charge on any atom is 0.119 e. The van der Waals surface area contributed by atoms with Crippen LogP contribution < -0.4 is 0 Å². The monoisotopic (exact) mass is 184 g/mol. The average molecular weight is 184 g/mol. The second-order valence-electron chi connectivity index (χ2n) is 2.53. The molecule has 0 bridgehead atoms. The van der Waals surface area contributed by atoms with Crippen LogP contribution in [0.1, 0.15) is 19.3 Å². The quantitative estimate of drug-likeness (QED) is 0.371. The van der Waals surface area contributed by atoms with Crippen molar-refractivity contribution >= 4 is 6.29 Å². The molecule has 0 unspecified atom stereocenters. The molecule has 0 saturated heterocycles. The molecule has 58 valence electrons. The van der Waals surface area contributed by atoms with Crippen molar-refractivity contribution in [2.45, 2.75) is 19.3 Å². The van der Waals surface area contributed by atoms with Gasteiger partial charge in [-0.05, 0) is 18.8 Å². The van der Waals surface area contributed by atoms with Gasteiger partial charge in [-0.25, -0.2) is 0 Å². The molecular formula is C9H12OTi. The van der Waals surface area contributed by atoms with Crippen molar-refractivity contribution in [3.63, 3.8) is 0 Å². The largest absolute Gasteiger partial charge is 0.303 e. The Labute approximate surface area is 82.4 Å². The van der Waals surface area contributed by atoms with Crippen LogP contribution in [0.5, 0.6) is 0 Å². The molecule has 0 fully saturated rings. The molecule has 1 aliphatic rings. The summed E-state index contributed by atoms with van der Waals surface area (Å²) in [4.78, 5) is 9.94. The molecule has 2 heteroatoms. The summed E-state index contributed by atoms with van der Waals surface area (Å²) < 4.78 is 0. The first-order valence-electron chi connectivity index (χ1n) is 3.72. The first-order chi connectivity index (χ1) is 4.93. The number of carbonyl (C=O) groups is 1. The van der Waals surface area contributed by atoms with Gasteiger partial charge in [0, 0.05) is 28.1 Å². The van der Waals surface area contributed by atoms with E-state index < -0.39 is 0 Å². The van der Waals surface area contributed by atoms with Crippen molar-refractivity contribution in [1.82, 2.24) is 0 Å². The zero-order chi connectivity index (χ0) is 7.23. The summed E-state index contributed by atoms with van der Waals surface area (Å²) in [5, 5.41) is 0. The molecule has 0 N–H and O–H groups in total. The Morgan fingerprint density at radius 2 is 1.91 bits per heavy atom. The van der Waals surface area contributed by atoms with E-state index in [9.17, 15) is 4.79 Å². The molecule has 0 atom stereocenters. The van der Waals surface area contributed by atoms with Gasteiger partial charge in [-0.2, -0.15) is 0 Å². The maximum atomic E-state index is 9.94. The molecule has 0 aromatic carbocycles. The molecule has 0 heterocycles. The van der Waals surface area contributed by atoms with E-state index in [1.807, 2.05) is 0 Å². The van der Waals surface area contributed by atoms with E-state index in [2.05, 4.69) is 24.3 Å². The van der Waals surface area contributed by atoms with Crippen molar-refractivity contribution in [1.29, 1.82) is 0 Å². The van der Waals surface area contributed by atoms with Crippen LogP contribution >= 0.6 is 0 Å². The molecule has 11 heavy (non-hydrogen) atoms. The van der Waals surface area contributed by atoms with E-state index in [-0.39, 0.29) is 21.7 Å². The van der Waals surface area contributed by atoms with E-state index in [0.29, 0.717) is 12.3 Å². The average Bonchev–Trinajstić information content (AvgIpc) is 2.41. The predicted molar refractivity (Wildman–Crippen MR) is 41.7 cm³/mol. The van der Waals surface area contributed by atoms with Gasteiger partial charge in [0.25, 0.3) is 0 Å². The van der Waals surface area contributed by atoms with E-state index >= 15 is 0 Å². The third-order valence-corrected chi connectivity index (χ3v) is 1.69. The molecule has 1 aliphatic carbocycles. The number of hydrogen-bond donors (Lipinski definition) is 0. The van der Waals surface area contributed by atoms with Crippen molar-refractivity contribution < 1.29 is 26.5 Å². The Bertz CT molecular complexity index is 149. The Kier molecular flexibility index (Phi) is 6.49. The normalized spacial score (nSPS) is 14.9. The number of hydrogen-bond acceptors (Lipinski definition) is 1. The second-order valence-corrected chi connectivity index (χ2v) is 2.53. The van der Waals surface area contributed by atoms with E-state index in [1.165, 1.54) is 0 Å². The summed E-state index contributed by atoms with van der Waals surface area (Å²) in [5.74, 6) is 0.597. The van der Waals surface area contributed by atoms with Crippen LogP contribution in [0.4, 0.5) is 0 Å². The fraction of sp³-hybridized carbons (Fsp3) is 0.444. The minimum Gasteiger partial charge on any atom is -0.303 e. The van der Waals surface area contributed by atoms with Crippen molar-refractivity contribution in [3.05, 3.63) is 24.3 Å². The van der Waals surface area contributed by atoms with Crippen LogP contribution in [-0.4, -0.2) is 6.29 Å². The van der Waals surface area contributed by atoms with Crippen molar-refractivity contribution in [3.8, 4) is 0 Å². The molecule has 0 saturated carbocycles. The summed E-state index contributed by atoms with van der Waals surface area (Å²) in [6, 6.07) is 0. The van der Waals surface area contributed by atoms with Crippen LogP contribution in [-0.2, 0) is 26.5 Å². The van der Waals surface area contributed by atoms with Gasteiger partial charge in [-0.3, -0.25) is 0 Å². The Hall–Kier alpha value is -0.136. The van der Waals surface area contributed by atoms with Crippen LogP contribution in [0.25, 0.3) is 0 Å². The predicted octanol–water partition coefficient (Wildman–Crippen LogP) is 2.10. The molecule has 0 radical (unpaired) electrons. The van der Waals surface area contributed by atoms with Crippen molar-refractivity contribution in [2.75, 3.05) is 0 Å². The fourth-order valence-corrected chi connectivity index (χ4v) is 1.11. The standard InChI is InChI=1S/C9H12O.Ti/c10-8-4-3-7-9-5-1-2-6-9;/h1-2,5-6,8-9H,3-4,7H2;. The smallest absolute Gasteiger partial charge is 0.119 e. The number of carbonyl (C=O) groups excluding carboxylic acids is 1. The van der Waals surface area contributed by atoms with Crippen LogP contribution in [0, 0.1) is 5.92 Å². The van der Waals surface area contributed by atoms with Gasteiger partial charge in [0.2, 0.25) is 0 Å². The van der Waals surface area contributed by atoms with Crippen molar-refractivity contribution in [2.24, 2.45) is 5.92 Å². The number of rotatable bonds is 4. The molecule has 1 nitrogen and oxygen atoms in total. The molecular weight excluding hydrogens is 172 g/mol. The van der Waals surface area contributed by atoms with E-state index in [4.69, 9.17) is 0 Å². The summed E-state index contributed by atoms with van der Waals surface area (Å²) in [5.41, 5.74) is 0. The molecule has 0 aliphatic heterocycles. The topological polar surface area (TPSA) is 17.1 Å². The minimum absolute atomic E-state index is 0. The van der Waals surface area contributed by atoms with E-state index in [1.54, 1.807) is 0 Å². The number of allylic oxidation sites excluding steroid dienone is 4. The van der Waals surface area contributed by atoms with Crippen LogP contribution in [0.3, 0.4) is 0 Å². The van der Waals surface area contributed by atoms with Gasteiger partial charge < -0.3 is 4.79 Å². The first-order valence-corrected chi connectivity index (χ1v) is 3.72. The Morgan fingerprint density at radius 1 is 1.27 bits per heavy atom. The SMILES string of the molecule is O=CCCCC1C=CC=C1.[Ti]. The van der Waals surface area contributed by atoms with Crippen LogP contribution in [0.15, 0.2) is 24.3 Å². The maximum absolute atomic E-state index is 9.94.